The first-order valence-corrected chi connectivity index (χ1v) is 26.1. The highest BCUT2D eigenvalue weighted by atomic mass is 32.1. The third kappa shape index (κ3) is 7.14. The molecule has 72 heavy (non-hydrogen) atoms. The van der Waals surface area contributed by atoms with E-state index in [9.17, 15) is 0 Å². The summed E-state index contributed by atoms with van der Waals surface area (Å²) in [5, 5.41) is 10.0. The average Bonchev–Trinajstić information content (AvgIpc) is 4.04. The Labute approximate surface area is 426 Å². The predicted molar refractivity (Wildman–Crippen MR) is 313 cm³/mol. The molecule has 0 amide bonds. The maximum atomic E-state index is 2.51. The first kappa shape index (κ1) is 42.1. The second-order valence-corrected chi connectivity index (χ2v) is 20.5. The van der Waals surface area contributed by atoms with E-state index in [2.05, 4.69) is 277 Å². The van der Waals surface area contributed by atoms with Crippen LogP contribution < -0.4 is 9.80 Å². The minimum Gasteiger partial charge on any atom is -0.309 e. The largest absolute Gasteiger partial charge is 0.309 e. The van der Waals surface area contributed by atoms with Gasteiger partial charge in [0.25, 0.3) is 0 Å². The van der Waals surface area contributed by atoms with E-state index in [0.717, 1.165) is 50.8 Å². The van der Waals surface area contributed by atoms with Crippen LogP contribution in [-0.4, -0.2) is 0 Å². The molecule has 14 aromatic rings. The zero-order chi connectivity index (χ0) is 47.5. The fourth-order valence-electron chi connectivity index (χ4n) is 10.9. The van der Waals surface area contributed by atoms with Crippen LogP contribution in [0.1, 0.15) is 0 Å². The van der Waals surface area contributed by atoms with Crippen molar-refractivity contribution >= 4 is 119 Å². The average molecular weight is 953 g/mol. The molecule has 0 fully saturated rings. The molecule has 0 aliphatic heterocycles. The van der Waals surface area contributed by atoms with Crippen LogP contribution in [-0.2, 0) is 0 Å². The summed E-state index contributed by atoms with van der Waals surface area (Å²) in [5.41, 5.74) is 13.6. The summed E-state index contributed by atoms with van der Waals surface area (Å²) < 4.78 is 5.11. The summed E-state index contributed by atoms with van der Waals surface area (Å²) in [4.78, 5) is 5.01. The van der Waals surface area contributed by atoms with Gasteiger partial charge in [-0.15, -0.1) is 22.7 Å². The van der Waals surface area contributed by atoms with E-state index < -0.39 is 0 Å². The van der Waals surface area contributed by atoms with Gasteiger partial charge < -0.3 is 9.80 Å². The van der Waals surface area contributed by atoms with Gasteiger partial charge >= 0.3 is 0 Å². The van der Waals surface area contributed by atoms with Crippen molar-refractivity contribution in [1.82, 2.24) is 0 Å². The maximum absolute atomic E-state index is 2.51. The fourth-order valence-corrected chi connectivity index (χ4v) is 13.3. The molecule has 0 aliphatic rings. The summed E-state index contributed by atoms with van der Waals surface area (Å²) in [7, 11) is 0. The van der Waals surface area contributed by atoms with Crippen LogP contribution >= 0.6 is 22.7 Å². The lowest BCUT2D eigenvalue weighted by molar-refractivity contribution is 1.28. The highest BCUT2D eigenvalue weighted by Gasteiger charge is 2.26. The van der Waals surface area contributed by atoms with Crippen molar-refractivity contribution in [2.45, 2.75) is 0 Å². The summed E-state index contributed by atoms with van der Waals surface area (Å²) in [6, 6.07) is 98.2. The molecule has 0 saturated carbocycles. The third-order valence-electron chi connectivity index (χ3n) is 14.2. The Morgan fingerprint density at radius 3 is 1.51 bits per heavy atom. The number of hydrogen-bond donors (Lipinski definition) is 0. The molecule has 14 rings (SSSR count). The number of benzene rings is 12. The Balaban J connectivity index is 1.01. The Morgan fingerprint density at radius 1 is 0.250 bits per heavy atom. The van der Waals surface area contributed by atoms with Gasteiger partial charge in [-0.05, 0) is 117 Å². The molecule has 0 spiro atoms. The van der Waals surface area contributed by atoms with Crippen molar-refractivity contribution in [1.29, 1.82) is 0 Å². The SMILES string of the molecule is c1ccc(-c2ccc(N(c3ccccc3-c3ccccc3N(c3cccc(-c4ccc5ccccc5c4)c3)c3cccc4sc5ccccc5c34)c3cccc4sc5c6ccccc6ccc5c34)cc2)cc1. The smallest absolute Gasteiger partial charge is 0.0555 e. The van der Waals surface area contributed by atoms with E-state index in [1.165, 1.54) is 78.6 Å². The van der Waals surface area contributed by atoms with Crippen LogP contribution in [0.4, 0.5) is 34.1 Å². The first-order chi connectivity index (χ1) is 35.7. The minimum absolute atomic E-state index is 1.08. The zero-order valence-corrected chi connectivity index (χ0v) is 40.7. The van der Waals surface area contributed by atoms with E-state index in [0.29, 0.717) is 0 Å². The summed E-state index contributed by atoms with van der Waals surface area (Å²) in [6.45, 7) is 0. The van der Waals surface area contributed by atoms with Crippen LogP contribution in [0.2, 0.25) is 0 Å². The molecular formula is C68H44N2S2. The minimum atomic E-state index is 1.08. The molecule has 2 heterocycles. The normalized spacial score (nSPS) is 11.6. The molecule has 12 aromatic carbocycles. The lowest BCUT2D eigenvalue weighted by atomic mass is 9.96. The molecule has 0 unspecified atom stereocenters. The summed E-state index contributed by atoms with van der Waals surface area (Å²) in [5.74, 6) is 0. The number of thiophene rings is 2. The molecule has 2 aromatic heterocycles. The van der Waals surface area contributed by atoms with E-state index in [4.69, 9.17) is 0 Å². The molecule has 2 nitrogen and oxygen atoms in total. The first-order valence-electron chi connectivity index (χ1n) is 24.5. The van der Waals surface area contributed by atoms with Gasteiger partial charge in [-0.1, -0.05) is 194 Å². The molecule has 0 bridgehead atoms. The number of para-hydroxylation sites is 2. The van der Waals surface area contributed by atoms with Crippen molar-refractivity contribution in [3.8, 4) is 33.4 Å². The Hall–Kier alpha value is -8.80. The second-order valence-electron chi connectivity index (χ2n) is 18.4. The van der Waals surface area contributed by atoms with Crippen molar-refractivity contribution in [2.75, 3.05) is 9.80 Å². The van der Waals surface area contributed by atoms with Crippen LogP contribution in [0.5, 0.6) is 0 Å². The van der Waals surface area contributed by atoms with Gasteiger partial charge in [0, 0.05) is 62.8 Å². The Kier molecular flexibility index (Phi) is 10.3. The second kappa shape index (κ2) is 17.6. The molecule has 4 heteroatoms. The lowest BCUT2D eigenvalue weighted by Crippen LogP contribution is -2.14. The van der Waals surface area contributed by atoms with Crippen LogP contribution in [0, 0.1) is 0 Å². The monoisotopic (exact) mass is 952 g/mol. The van der Waals surface area contributed by atoms with Gasteiger partial charge in [-0.2, -0.15) is 0 Å². The maximum Gasteiger partial charge on any atom is 0.0555 e. The van der Waals surface area contributed by atoms with Crippen LogP contribution in [0.15, 0.2) is 267 Å². The highest BCUT2D eigenvalue weighted by molar-refractivity contribution is 7.27. The van der Waals surface area contributed by atoms with Gasteiger partial charge in [0.1, 0.15) is 0 Å². The van der Waals surface area contributed by atoms with E-state index in [1.807, 2.05) is 22.7 Å². The molecular weight excluding hydrogens is 909 g/mol. The number of hydrogen-bond acceptors (Lipinski definition) is 4. The van der Waals surface area contributed by atoms with Crippen molar-refractivity contribution < 1.29 is 0 Å². The molecule has 338 valence electrons. The van der Waals surface area contributed by atoms with E-state index >= 15 is 0 Å². The van der Waals surface area contributed by atoms with E-state index in [-0.39, 0.29) is 0 Å². The van der Waals surface area contributed by atoms with Crippen LogP contribution in [0.25, 0.3) is 95.3 Å². The number of anilines is 6. The van der Waals surface area contributed by atoms with Gasteiger partial charge in [0.2, 0.25) is 0 Å². The van der Waals surface area contributed by atoms with E-state index in [1.54, 1.807) is 0 Å². The molecule has 0 radical (unpaired) electrons. The molecule has 0 saturated heterocycles. The fraction of sp³-hybridized carbons (Fsp3) is 0. The molecule has 0 atom stereocenters. The predicted octanol–water partition coefficient (Wildman–Crippen LogP) is 20.7. The number of nitrogens with zero attached hydrogens (tertiary/aromatic N) is 2. The highest BCUT2D eigenvalue weighted by Crippen LogP contribution is 2.52. The number of rotatable bonds is 9. The Bertz CT molecular complexity index is 4360. The standard InChI is InChI=1S/C68H44N2S2/c1-2-17-45(18-3-1)47-37-40-52(41-38-47)69(62-31-16-34-65-67(62)58-42-39-48-20-6-7-24-54(48)68(58)72-65)59-28-11-8-25-55(59)56-26-9-12-29-60(56)70(61-30-15-33-64-66(61)57-27-10-13-32-63(57)71-64)53-23-14-22-50(44-53)51-36-35-46-19-4-5-21-49(46)43-51/h1-44H. The van der Waals surface area contributed by atoms with Gasteiger partial charge in [-0.3, -0.25) is 0 Å². The lowest BCUT2D eigenvalue weighted by Gasteiger charge is -2.32. The molecule has 0 aliphatic carbocycles. The summed E-state index contributed by atoms with van der Waals surface area (Å²) in [6.07, 6.45) is 0. The van der Waals surface area contributed by atoms with Crippen molar-refractivity contribution in [3.05, 3.63) is 267 Å². The number of fused-ring (bicyclic) bond motifs is 9. The van der Waals surface area contributed by atoms with Gasteiger partial charge in [0.15, 0.2) is 0 Å². The third-order valence-corrected chi connectivity index (χ3v) is 16.6. The van der Waals surface area contributed by atoms with Gasteiger partial charge in [0.05, 0.1) is 22.7 Å². The zero-order valence-electron chi connectivity index (χ0n) is 39.1. The van der Waals surface area contributed by atoms with Crippen LogP contribution in [0.3, 0.4) is 0 Å². The van der Waals surface area contributed by atoms with Crippen molar-refractivity contribution in [3.63, 3.8) is 0 Å². The van der Waals surface area contributed by atoms with Crippen molar-refractivity contribution in [2.24, 2.45) is 0 Å². The Morgan fingerprint density at radius 2 is 0.750 bits per heavy atom. The quantitative estimate of drug-likeness (QED) is 0.142. The topological polar surface area (TPSA) is 6.48 Å². The molecule has 0 N–H and O–H groups in total. The van der Waals surface area contributed by atoms with Gasteiger partial charge in [-0.25, -0.2) is 0 Å². The summed E-state index contributed by atoms with van der Waals surface area (Å²) >= 11 is 3.74.